The molecule has 0 N–H and O–H groups in total. The normalized spacial score (nSPS) is 17.8. The molecule has 0 unspecified atom stereocenters. The molecule has 1 aliphatic rings. The summed E-state index contributed by atoms with van der Waals surface area (Å²) in [7, 11) is -3.52. The van der Waals surface area contributed by atoms with Gasteiger partial charge >= 0.3 is 0 Å². The van der Waals surface area contributed by atoms with Gasteiger partial charge in [-0.3, -0.25) is 0 Å². The molecule has 2 heterocycles. The molecular formula is C13H17N3O3S. The zero-order chi connectivity index (χ0) is 14.6. The van der Waals surface area contributed by atoms with Crippen LogP contribution in [0.25, 0.3) is 0 Å². The highest BCUT2D eigenvalue weighted by atomic mass is 32.2. The lowest BCUT2D eigenvalue weighted by Gasteiger charge is -2.30. The van der Waals surface area contributed by atoms with Crippen molar-refractivity contribution in [3.8, 4) is 6.07 Å². The number of hydrogen-bond acceptors (Lipinski definition) is 5. The number of sulfonamides is 1. The van der Waals surface area contributed by atoms with E-state index in [1.807, 2.05) is 13.0 Å². The van der Waals surface area contributed by atoms with Crippen molar-refractivity contribution in [2.45, 2.75) is 30.8 Å². The fourth-order valence-corrected chi connectivity index (χ4v) is 3.64. The highest BCUT2D eigenvalue weighted by molar-refractivity contribution is 7.89. The zero-order valence-corrected chi connectivity index (χ0v) is 12.1. The van der Waals surface area contributed by atoms with Gasteiger partial charge in [-0.25, -0.2) is 13.4 Å². The number of hydrogen-bond donors (Lipinski definition) is 0. The summed E-state index contributed by atoms with van der Waals surface area (Å²) in [5.74, 6) is 0. The molecule has 1 saturated heterocycles. The molecule has 2 rings (SSSR count). The van der Waals surface area contributed by atoms with E-state index in [0.717, 1.165) is 0 Å². The van der Waals surface area contributed by atoms with E-state index in [-0.39, 0.29) is 16.7 Å². The van der Waals surface area contributed by atoms with Gasteiger partial charge in [-0.15, -0.1) is 0 Å². The van der Waals surface area contributed by atoms with Gasteiger partial charge in [0, 0.05) is 25.9 Å². The Balaban J connectivity index is 2.09. The molecule has 0 bridgehead atoms. The third-order valence-electron chi connectivity index (χ3n) is 3.29. The highest BCUT2D eigenvalue weighted by Crippen LogP contribution is 2.21. The lowest BCUT2D eigenvalue weighted by Crippen LogP contribution is -2.40. The second kappa shape index (κ2) is 6.31. The topological polar surface area (TPSA) is 83.3 Å². The fourth-order valence-electron chi connectivity index (χ4n) is 2.22. The maximum Gasteiger partial charge on any atom is 0.244 e. The van der Waals surface area contributed by atoms with E-state index in [4.69, 9.17) is 10.00 Å². The number of rotatable bonds is 4. The summed E-state index contributed by atoms with van der Waals surface area (Å²) in [6, 6.07) is 4.71. The van der Waals surface area contributed by atoms with Gasteiger partial charge in [0.05, 0.1) is 6.10 Å². The van der Waals surface area contributed by atoms with Crippen LogP contribution < -0.4 is 0 Å². The molecule has 6 nitrogen and oxygen atoms in total. The second-order valence-electron chi connectivity index (χ2n) is 4.55. The molecule has 20 heavy (non-hydrogen) atoms. The van der Waals surface area contributed by atoms with Crippen molar-refractivity contribution in [3.05, 3.63) is 24.0 Å². The van der Waals surface area contributed by atoms with Crippen LogP contribution in [0.2, 0.25) is 0 Å². The third-order valence-corrected chi connectivity index (χ3v) is 5.17. The molecule has 0 aliphatic carbocycles. The molecule has 1 aliphatic heterocycles. The van der Waals surface area contributed by atoms with E-state index in [9.17, 15) is 8.42 Å². The van der Waals surface area contributed by atoms with Gasteiger partial charge in [-0.1, -0.05) is 0 Å². The van der Waals surface area contributed by atoms with Crippen LogP contribution in [-0.2, 0) is 14.8 Å². The van der Waals surface area contributed by atoms with Gasteiger partial charge in [0.15, 0.2) is 0 Å². The lowest BCUT2D eigenvalue weighted by molar-refractivity contribution is 0.0290. The van der Waals surface area contributed by atoms with Crippen molar-refractivity contribution < 1.29 is 13.2 Å². The molecule has 0 amide bonds. The van der Waals surface area contributed by atoms with E-state index in [1.54, 1.807) is 0 Å². The molecule has 0 spiro atoms. The first-order valence-electron chi connectivity index (χ1n) is 6.56. The Morgan fingerprint density at radius 2 is 2.15 bits per heavy atom. The van der Waals surface area contributed by atoms with Crippen molar-refractivity contribution >= 4 is 10.0 Å². The Bertz CT molecular complexity index is 584. The molecule has 0 atom stereocenters. The van der Waals surface area contributed by atoms with Gasteiger partial charge in [-0.05, 0) is 31.9 Å². The van der Waals surface area contributed by atoms with E-state index in [0.29, 0.717) is 32.5 Å². The number of nitrogens with zero attached hydrogens (tertiary/aromatic N) is 3. The van der Waals surface area contributed by atoms with Crippen molar-refractivity contribution in [1.82, 2.24) is 9.29 Å². The van der Waals surface area contributed by atoms with Gasteiger partial charge < -0.3 is 4.74 Å². The number of nitriles is 1. The zero-order valence-electron chi connectivity index (χ0n) is 11.3. The summed E-state index contributed by atoms with van der Waals surface area (Å²) in [4.78, 5) is 3.94. The molecule has 108 valence electrons. The number of pyridine rings is 1. The average Bonchev–Trinajstić information content (AvgIpc) is 2.48. The van der Waals surface area contributed by atoms with Crippen LogP contribution >= 0.6 is 0 Å². The van der Waals surface area contributed by atoms with Crippen molar-refractivity contribution in [3.63, 3.8) is 0 Å². The molecule has 0 aromatic carbocycles. The number of piperidine rings is 1. The van der Waals surface area contributed by atoms with Crippen LogP contribution in [0.4, 0.5) is 0 Å². The minimum atomic E-state index is -3.52. The third kappa shape index (κ3) is 3.15. The molecule has 1 fully saturated rings. The maximum absolute atomic E-state index is 12.4. The minimum absolute atomic E-state index is 0.131. The largest absolute Gasteiger partial charge is 0.378 e. The molecule has 0 saturated carbocycles. The molecule has 1 aromatic heterocycles. The Morgan fingerprint density at radius 1 is 1.45 bits per heavy atom. The Labute approximate surface area is 119 Å². The fraction of sp³-hybridized carbons (Fsp3) is 0.538. The molecular weight excluding hydrogens is 278 g/mol. The average molecular weight is 295 g/mol. The Hall–Kier alpha value is -1.49. The summed E-state index contributed by atoms with van der Waals surface area (Å²) in [5.41, 5.74) is 0.207. The van der Waals surface area contributed by atoms with E-state index in [1.165, 1.54) is 22.6 Å². The molecule has 0 radical (unpaired) electrons. The SMILES string of the molecule is CCOC1CCN(S(=O)(=O)c2ccc(C#N)nc2)CC1. The van der Waals surface area contributed by atoms with Crippen LogP contribution in [0.15, 0.2) is 23.2 Å². The standard InChI is InChI=1S/C13H17N3O3S/c1-2-19-12-5-7-16(8-6-12)20(17,18)13-4-3-11(9-14)15-10-13/h3-4,10,12H,2,5-8H2,1H3. The summed E-state index contributed by atoms with van der Waals surface area (Å²) in [5, 5.41) is 8.67. The first-order chi connectivity index (χ1) is 9.57. The van der Waals surface area contributed by atoms with Gasteiger partial charge in [-0.2, -0.15) is 9.57 Å². The second-order valence-corrected chi connectivity index (χ2v) is 6.49. The van der Waals surface area contributed by atoms with Crippen LogP contribution in [0.1, 0.15) is 25.5 Å². The van der Waals surface area contributed by atoms with Crippen LogP contribution in [0, 0.1) is 11.3 Å². The van der Waals surface area contributed by atoms with E-state index >= 15 is 0 Å². The van der Waals surface area contributed by atoms with Crippen LogP contribution in [0.3, 0.4) is 0 Å². The summed E-state index contributed by atoms with van der Waals surface area (Å²) < 4.78 is 31.8. The predicted octanol–water partition coefficient (Wildman–Crippen LogP) is 1.14. The molecule has 1 aromatic rings. The summed E-state index contributed by atoms with van der Waals surface area (Å²) in [6.07, 6.45) is 2.79. The predicted molar refractivity (Wildman–Crippen MR) is 72.4 cm³/mol. The van der Waals surface area contributed by atoms with Crippen LogP contribution in [-0.4, -0.2) is 43.5 Å². The molecule has 7 heteroatoms. The first-order valence-corrected chi connectivity index (χ1v) is 8.00. The van der Waals surface area contributed by atoms with Crippen molar-refractivity contribution in [2.75, 3.05) is 19.7 Å². The highest BCUT2D eigenvalue weighted by Gasteiger charge is 2.29. The quantitative estimate of drug-likeness (QED) is 0.832. The summed E-state index contributed by atoms with van der Waals surface area (Å²) in [6.45, 7) is 3.49. The Kier molecular flexibility index (Phi) is 4.70. The van der Waals surface area contributed by atoms with Crippen molar-refractivity contribution in [2.24, 2.45) is 0 Å². The lowest BCUT2D eigenvalue weighted by atomic mass is 10.1. The first kappa shape index (κ1) is 14.9. The van der Waals surface area contributed by atoms with Crippen LogP contribution in [0.5, 0.6) is 0 Å². The van der Waals surface area contributed by atoms with Gasteiger partial charge in [0.1, 0.15) is 16.7 Å². The smallest absolute Gasteiger partial charge is 0.244 e. The minimum Gasteiger partial charge on any atom is -0.378 e. The number of ether oxygens (including phenoxy) is 1. The van der Waals surface area contributed by atoms with E-state index in [2.05, 4.69) is 4.98 Å². The number of aromatic nitrogens is 1. The summed E-state index contributed by atoms with van der Waals surface area (Å²) >= 11 is 0. The van der Waals surface area contributed by atoms with Gasteiger partial charge in [0.25, 0.3) is 0 Å². The monoisotopic (exact) mass is 295 g/mol. The maximum atomic E-state index is 12.4. The van der Waals surface area contributed by atoms with Crippen molar-refractivity contribution in [1.29, 1.82) is 5.26 Å². The van der Waals surface area contributed by atoms with Gasteiger partial charge in [0.2, 0.25) is 10.0 Å². The Morgan fingerprint density at radius 3 is 2.65 bits per heavy atom. The van der Waals surface area contributed by atoms with E-state index < -0.39 is 10.0 Å².